The highest BCUT2D eigenvalue weighted by atomic mass is 16.8. The van der Waals surface area contributed by atoms with Gasteiger partial charge < -0.3 is 153 Å². The van der Waals surface area contributed by atoms with Crippen molar-refractivity contribution in [2.24, 2.45) is 50.2 Å². The summed E-state index contributed by atoms with van der Waals surface area (Å²) in [5.74, 6) is -5.60. The Morgan fingerprint density at radius 2 is 1.02 bits per heavy atom. The van der Waals surface area contributed by atoms with Gasteiger partial charge in [-0.05, 0) is 113 Å². The summed E-state index contributed by atoms with van der Waals surface area (Å²) in [6, 6.07) is 0. The van der Waals surface area contributed by atoms with E-state index in [0.717, 1.165) is 19.4 Å². The number of aliphatic carboxylic acids is 1. The van der Waals surface area contributed by atoms with Crippen LogP contribution in [0.4, 0.5) is 0 Å². The lowest BCUT2D eigenvalue weighted by molar-refractivity contribution is -0.388. The van der Waals surface area contributed by atoms with E-state index in [1.807, 2.05) is 13.0 Å². The van der Waals surface area contributed by atoms with Gasteiger partial charge in [-0.1, -0.05) is 39.3 Å². The second-order valence-electron chi connectivity index (χ2n) is 32.0. The quantitative estimate of drug-likeness (QED) is 0.0265. The summed E-state index contributed by atoms with van der Waals surface area (Å²) in [4.78, 5) is 55.9. The summed E-state index contributed by atoms with van der Waals surface area (Å²) in [7, 11) is 0. The highest BCUT2D eigenvalue weighted by Gasteiger charge is 2.74. The average molecular weight is 1480 g/mol. The molecule has 11 rings (SSSR count). The Morgan fingerprint density at radius 3 is 1.62 bits per heavy atom. The summed E-state index contributed by atoms with van der Waals surface area (Å²) >= 11 is 0. The first-order chi connectivity index (χ1) is 48.3. The Balaban J connectivity index is 0.850. The SMILES string of the molecule is CC(=O)O[C@H]1[C@@H](OC(C)=O)[C@@H](C)O[C@@H](OC(=O)[C@]23CCC(C)(C)C[C@H]2C2=CC[C@@H]4[C@@]5(C)C[C@H](O)[C@H](O[C@@H]6O[C@H](CO)[C@@H](O)[C@H](O)[C@H]6O)[C@@](C)(C(=O)O)[C@@H]5CC[C@@]4(C)[C@]2(CO)CC3)[C@@H]1O[C@@H]1O[C@@H](C)[C@H](O[C@@H]2OC[C@@H](O[C@@H]3O[C@H](CO)[C@H](O)[C@H](O)[C@H]3O)[C@H](O[C@@H]3OC[C@H](O)[C@H](O)[C@H]3O)[C@H]2O)[C@@H](O)[C@H]1O. The topological polar surface area (TPSA) is 541 Å². The summed E-state index contributed by atoms with van der Waals surface area (Å²) in [5.41, 5.74) is -5.65. The molecule has 10 fully saturated rings. The van der Waals surface area contributed by atoms with Crippen molar-refractivity contribution in [3.8, 4) is 0 Å². The lowest BCUT2D eigenvalue weighted by atomic mass is 9.33. The van der Waals surface area contributed by atoms with Gasteiger partial charge in [-0.3, -0.25) is 19.2 Å². The number of esters is 3. The highest BCUT2D eigenvalue weighted by molar-refractivity contribution is 5.79. The minimum atomic E-state index is -2.15. The van der Waals surface area contributed by atoms with Crippen molar-refractivity contribution in [2.45, 2.75) is 304 Å². The van der Waals surface area contributed by atoms with E-state index in [1.54, 1.807) is 0 Å². The zero-order valence-corrected chi connectivity index (χ0v) is 59.0. The molecule has 588 valence electrons. The van der Waals surface area contributed by atoms with Gasteiger partial charge in [0.05, 0.1) is 62.2 Å². The van der Waals surface area contributed by atoms with Crippen LogP contribution in [0.2, 0.25) is 0 Å². The standard InChI is InChI=1S/C68H106O35/c1-25-49(99-56-48(86)51(100-55-44(82)38(76)32(75)22-90-55)35(23-91-56)98-58-45(83)41(79)39(77)33(20-69)96-58)43(81)47(85)57(92-25)101-53-52(95-28(4)73)50(94-27(3)72)26(2)93-60(53)103-62(89)67-15-14-63(5,6)18-30(67)29-10-11-36-64(7)19-31(74)54(102-59-46(84)42(80)40(78)34(21-70)97-59)66(9,61(87)88)37(64)12-13-65(36,8)68(29,24-71)17-16-67/h10,25-26,30-60,69-71,74-86H,11-24H2,1-9H3,(H,87,88)/t25-,26+,30-,31-,32-,33+,34+,35+,36+,37+,38-,39-,40+,41-,42-,43-,44+,45+,46+,47+,48+,49-,50-,51-,52-,53+,54-,55-,56-,57-,58-,59-,60-,64+,65+,66-,67-,68-/m0/s1. The van der Waals surface area contributed by atoms with E-state index in [2.05, 4.69) is 20.8 Å². The fourth-order valence-electron chi connectivity index (χ4n) is 19.7. The fraction of sp³-hybridized carbons (Fsp3) is 0.912. The molecule has 6 heterocycles. The smallest absolute Gasteiger partial charge is 0.315 e. The summed E-state index contributed by atoms with van der Waals surface area (Å²) < 4.78 is 84.0. The first-order valence-corrected chi connectivity index (χ1v) is 35.6. The number of carboxylic acid groups (broad SMARTS) is 1. The predicted octanol–water partition coefficient (Wildman–Crippen LogP) is -4.90. The predicted molar refractivity (Wildman–Crippen MR) is 337 cm³/mol. The first-order valence-electron chi connectivity index (χ1n) is 35.6. The number of aliphatic hydroxyl groups excluding tert-OH is 16. The van der Waals surface area contributed by atoms with Crippen LogP contribution >= 0.6 is 0 Å². The largest absolute Gasteiger partial charge is 0.481 e. The number of fused-ring (bicyclic) bond motifs is 7. The van der Waals surface area contributed by atoms with Crippen molar-refractivity contribution in [3.05, 3.63) is 11.6 Å². The molecule has 6 saturated heterocycles. The van der Waals surface area contributed by atoms with Crippen LogP contribution in [-0.4, -0.2) is 328 Å². The highest BCUT2D eigenvalue weighted by Crippen LogP contribution is 2.76. The zero-order chi connectivity index (χ0) is 75.4. The summed E-state index contributed by atoms with van der Waals surface area (Å²) in [6.45, 7) is 11.4. The Kier molecular flexibility index (Phi) is 23.8. The van der Waals surface area contributed by atoms with Crippen molar-refractivity contribution in [1.82, 2.24) is 0 Å². The van der Waals surface area contributed by atoms with Crippen molar-refractivity contribution >= 4 is 23.9 Å². The molecule has 0 amide bonds. The molecule has 0 aromatic carbocycles. The molecule has 17 N–H and O–H groups in total. The number of aliphatic hydroxyl groups is 16. The summed E-state index contributed by atoms with van der Waals surface area (Å²) in [6.07, 6.45) is -47.6. The van der Waals surface area contributed by atoms with Crippen LogP contribution in [0.5, 0.6) is 0 Å². The van der Waals surface area contributed by atoms with Crippen LogP contribution in [-0.2, 0) is 85.5 Å². The number of hydrogen-bond acceptors (Lipinski definition) is 34. The molecule has 38 atom stereocenters. The molecule has 35 heteroatoms. The van der Waals surface area contributed by atoms with E-state index in [-0.39, 0.29) is 38.7 Å². The summed E-state index contributed by atoms with van der Waals surface area (Å²) in [5, 5.41) is 187. The monoisotopic (exact) mass is 1480 g/mol. The lowest BCUT2D eigenvalue weighted by Gasteiger charge is -2.71. The van der Waals surface area contributed by atoms with Gasteiger partial charge in [0.2, 0.25) is 6.29 Å². The van der Waals surface area contributed by atoms with Crippen LogP contribution in [0, 0.1) is 50.2 Å². The fourth-order valence-corrected chi connectivity index (χ4v) is 19.7. The molecular formula is C68H106O35. The maximum Gasteiger partial charge on any atom is 0.315 e. The second-order valence-corrected chi connectivity index (χ2v) is 32.0. The van der Waals surface area contributed by atoms with Crippen molar-refractivity contribution in [3.63, 3.8) is 0 Å². The Hall–Kier alpha value is -3.46. The van der Waals surface area contributed by atoms with Crippen LogP contribution < -0.4 is 0 Å². The second kappa shape index (κ2) is 30.4. The van der Waals surface area contributed by atoms with E-state index in [4.69, 9.17) is 66.3 Å². The van der Waals surface area contributed by atoms with Crippen LogP contribution in [0.3, 0.4) is 0 Å². The molecule has 103 heavy (non-hydrogen) atoms. The maximum absolute atomic E-state index is 16.0. The number of carbonyl (C=O) groups excluding carboxylic acids is 3. The molecule has 35 nitrogen and oxygen atoms in total. The number of ether oxygens (including phenoxy) is 14. The Morgan fingerprint density at radius 1 is 0.495 bits per heavy atom. The Bertz CT molecular complexity index is 3030. The number of allylic oxidation sites excluding steroid dienone is 1. The first kappa shape index (κ1) is 80.6. The molecule has 0 radical (unpaired) electrons. The van der Waals surface area contributed by atoms with Gasteiger partial charge in [0.1, 0.15) is 110 Å². The third-order valence-corrected chi connectivity index (χ3v) is 25.4. The minimum Gasteiger partial charge on any atom is -0.481 e. The molecular weight excluding hydrogens is 1380 g/mol. The van der Waals surface area contributed by atoms with Gasteiger partial charge >= 0.3 is 23.9 Å². The van der Waals surface area contributed by atoms with E-state index in [1.165, 1.54) is 20.8 Å². The van der Waals surface area contributed by atoms with Gasteiger partial charge in [0, 0.05) is 19.3 Å². The van der Waals surface area contributed by atoms with E-state index in [0.29, 0.717) is 25.7 Å². The number of carboxylic acids is 1. The number of carbonyl (C=O) groups is 4. The molecule has 0 spiro atoms. The van der Waals surface area contributed by atoms with E-state index >= 15 is 4.79 Å². The van der Waals surface area contributed by atoms with Crippen LogP contribution in [0.25, 0.3) is 0 Å². The third kappa shape index (κ3) is 14.1. The van der Waals surface area contributed by atoms with Gasteiger partial charge in [0.15, 0.2) is 49.8 Å². The Labute approximate surface area is 593 Å². The van der Waals surface area contributed by atoms with E-state index < -0.39 is 285 Å². The van der Waals surface area contributed by atoms with Crippen LogP contribution in [0.1, 0.15) is 120 Å². The number of rotatable bonds is 18. The molecule has 0 aromatic heterocycles. The third-order valence-electron chi connectivity index (χ3n) is 25.4. The van der Waals surface area contributed by atoms with Gasteiger partial charge in [0.25, 0.3) is 0 Å². The molecule has 11 aliphatic rings. The van der Waals surface area contributed by atoms with Crippen molar-refractivity contribution < 1.29 is 172 Å². The molecule has 6 aliphatic heterocycles. The maximum atomic E-state index is 16.0. The average Bonchev–Trinajstić information content (AvgIpc) is 0.668. The molecule has 4 saturated carbocycles. The van der Waals surface area contributed by atoms with Gasteiger partial charge in [-0.15, -0.1) is 0 Å². The normalized spacial score (nSPS) is 52.0. The van der Waals surface area contributed by atoms with Gasteiger partial charge in [-0.2, -0.15) is 0 Å². The lowest BCUT2D eigenvalue weighted by Crippen LogP contribution is -2.71. The molecule has 0 aromatic rings. The van der Waals surface area contributed by atoms with Crippen molar-refractivity contribution in [2.75, 3.05) is 33.0 Å². The molecule has 0 bridgehead atoms. The van der Waals surface area contributed by atoms with Crippen molar-refractivity contribution in [1.29, 1.82) is 0 Å². The molecule has 5 aliphatic carbocycles. The van der Waals surface area contributed by atoms with Crippen LogP contribution in [0.15, 0.2) is 11.6 Å². The minimum absolute atomic E-state index is 0.00947. The van der Waals surface area contributed by atoms with E-state index in [9.17, 15) is 101 Å². The zero-order valence-electron chi connectivity index (χ0n) is 59.0. The number of hydrogen-bond donors (Lipinski definition) is 17. The molecule has 0 unspecified atom stereocenters. The van der Waals surface area contributed by atoms with Gasteiger partial charge in [-0.25, -0.2) is 0 Å².